The van der Waals surface area contributed by atoms with Gasteiger partial charge in [0.1, 0.15) is 0 Å². The zero-order valence-corrected chi connectivity index (χ0v) is 11.3. The van der Waals surface area contributed by atoms with E-state index in [0.29, 0.717) is 15.7 Å². The highest BCUT2D eigenvalue weighted by Crippen LogP contribution is 2.42. The Morgan fingerprint density at radius 2 is 1.38 bits per heavy atom. The molecule has 21 heavy (non-hydrogen) atoms. The maximum atomic E-state index is 12.6. The lowest BCUT2D eigenvalue weighted by molar-refractivity contribution is -0.113. The van der Waals surface area contributed by atoms with Crippen LogP contribution < -0.4 is 10.1 Å². The van der Waals surface area contributed by atoms with Gasteiger partial charge in [-0.15, -0.1) is 0 Å². The quantitative estimate of drug-likeness (QED) is 0.844. The molecule has 0 bridgehead atoms. The van der Waals surface area contributed by atoms with Crippen molar-refractivity contribution in [1.29, 1.82) is 0 Å². The fourth-order valence-corrected chi connectivity index (χ4v) is 2.40. The van der Waals surface area contributed by atoms with Gasteiger partial charge in [0.2, 0.25) is 0 Å². The van der Waals surface area contributed by atoms with Crippen LogP contribution in [0.15, 0.2) is 60.3 Å². The Kier molecular flexibility index (Phi) is 3.21. The maximum absolute atomic E-state index is 12.6. The molecule has 1 heterocycles. The molecule has 0 amide bonds. The lowest BCUT2D eigenvalue weighted by Crippen LogP contribution is -2.32. The number of anilines is 2. The summed E-state index contributed by atoms with van der Waals surface area (Å²) in [6.45, 7) is 1.28. The molecule has 0 fully saturated rings. The first-order valence-electron chi connectivity index (χ1n) is 6.45. The molecule has 5 heteroatoms. The molecule has 0 atom stereocenters. The van der Waals surface area contributed by atoms with Crippen LogP contribution in [-0.4, -0.2) is 5.78 Å². The standard InChI is InChI=1S/C16H12N2O3/c1-11(19)15-16(12-7-3-2-4-8-12)18(21)14-10-6-5-9-13(14)17(15)20/h2-10H,1H3/q-2. The third-order valence-electron chi connectivity index (χ3n) is 3.33. The molecule has 0 saturated carbocycles. The molecule has 0 N–H and O–H groups in total. The number of Topliss-reactive ketones (excluding diaryl/α,β-unsaturated/α-hetero) is 1. The van der Waals surface area contributed by atoms with Crippen LogP contribution in [0.25, 0.3) is 5.70 Å². The smallest absolute Gasteiger partial charge is 0.177 e. The molecule has 0 radical (unpaired) electrons. The molecule has 2 aromatic rings. The third-order valence-corrected chi connectivity index (χ3v) is 3.33. The molecule has 2 aromatic carbocycles. The minimum absolute atomic E-state index is 0.0804. The van der Waals surface area contributed by atoms with Crippen LogP contribution >= 0.6 is 0 Å². The van der Waals surface area contributed by atoms with Gasteiger partial charge in [0, 0.05) is 6.92 Å². The van der Waals surface area contributed by atoms with E-state index in [-0.39, 0.29) is 22.8 Å². The Morgan fingerprint density at radius 3 is 1.95 bits per heavy atom. The van der Waals surface area contributed by atoms with Gasteiger partial charge in [0.15, 0.2) is 5.78 Å². The van der Waals surface area contributed by atoms with Gasteiger partial charge in [-0.25, -0.2) is 0 Å². The summed E-state index contributed by atoms with van der Waals surface area (Å²) in [6, 6.07) is 15.1. The Morgan fingerprint density at radius 1 is 0.857 bits per heavy atom. The van der Waals surface area contributed by atoms with E-state index in [1.54, 1.807) is 48.5 Å². The zero-order valence-electron chi connectivity index (χ0n) is 11.3. The second-order valence-electron chi connectivity index (χ2n) is 4.70. The molecule has 106 valence electrons. The van der Waals surface area contributed by atoms with Crippen molar-refractivity contribution in [3.8, 4) is 0 Å². The number of para-hydroxylation sites is 2. The van der Waals surface area contributed by atoms with Crippen molar-refractivity contribution < 1.29 is 4.79 Å². The summed E-state index contributed by atoms with van der Waals surface area (Å²) in [4.78, 5) is 11.9. The van der Waals surface area contributed by atoms with Crippen molar-refractivity contribution in [2.45, 2.75) is 6.92 Å². The highest BCUT2D eigenvalue weighted by atomic mass is 16.5. The molecule has 0 unspecified atom stereocenters. The van der Waals surface area contributed by atoms with Crippen molar-refractivity contribution in [3.05, 3.63) is 76.3 Å². The van der Waals surface area contributed by atoms with Crippen LogP contribution in [0.4, 0.5) is 11.4 Å². The molecule has 0 saturated heterocycles. The predicted molar refractivity (Wildman–Crippen MR) is 82.2 cm³/mol. The van der Waals surface area contributed by atoms with Crippen LogP contribution in [0.1, 0.15) is 12.5 Å². The average molecular weight is 280 g/mol. The van der Waals surface area contributed by atoms with E-state index in [1.807, 2.05) is 0 Å². The average Bonchev–Trinajstić information content (AvgIpc) is 2.51. The predicted octanol–water partition coefficient (Wildman–Crippen LogP) is 3.27. The molecular formula is C16H12N2O3-2. The number of hydrogen-bond acceptors (Lipinski definition) is 5. The first kappa shape index (κ1) is 13.4. The highest BCUT2D eigenvalue weighted by molar-refractivity contribution is 6.10. The number of fused-ring (bicyclic) bond motifs is 1. The second-order valence-corrected chi connectivity index (χ2v) is 4.70. The Hall–Kier alpha value is -2.63. The van der Waals surface area contributed by atoms with E-state index in [0.717, 1.165) is 0 Å². The Balaban J connectivity index is 2.27. The molecule has 1 aliphatic rings. The lowest BCUT2D eigenvalue weighted by Gasteiger charge is -2.47. The van der Waals surface area contributed by atoms with E-state index in [4.69, 9.17) is 0 Å². The van der Waals surface area contributed by atoms with E-state index < -0.39 is 5.78 Å². The number of ketones is 1. The SMILES string of the molecule is CC(=O)C1=C(c2ccccc2)N([O-])c2ccccc2N1[O-]. The van der Waals surface area contributed by atoms with E-state index in [2.05, 4.69) is 0 Å². The van der Waals surface area contributed by atoms with E-state index in [9.17, 15) is 15.2 Å². The number of carbonyl (C=O) groups is 1. The van der Waals surface area contributed by atoms with Crippen LogP contribution in [0, 0.1) is 10.4 Å². The van der Waals surface area contributed by atoms with Crippen molar-refractivity contribution in [3.63, 3.8) is 0 Å². The lowest BCUT2D eigenvalue weighted by atomic mass is 10.0. The molecule has 3 rings (SSSR count). The highest BCUT2D eigenvalue weighted by Gasteiger charge is 2.25. The normalized spacial score (nSPS) is 14.2. The fraction of sp³-hybridized carbons (Fsp3) is 0.0625. The first-order valence-corrected chi connectivity index (χ1v) is 6.45. The number of carbonyl (C=O) groups excluding carboxylic acids is 1. The van der Waals surface area contributed by atoms with Crippen molar-refractivity contribution in [2.75, 3.05) is 10.1 Å². The Bertz CT molecular complexity index is 725. The van der Waals surface area contributed by atoms with Gasteiger partial charge in [-0.05, 0) is 17.7 Å². The summed E-state index contributed by atoms with van der Waals surface area (Å²) in [7, 11) is 0. The summed E-state index contributed by atoms with van der Waals surface area (Å²) in [6.07, 6.45) is 0. The summed E-state index contributed by atoms with van der Waals surface area (Å²) in [5.74, 6) is -0.445. The fourth-order valence-electron chi connectivity index (χ4n) is 2.40. The van der Waals surface area contributed by atoms with Gasteiger partial charge in [-0.2, -0.15) is 0 Å². The number of nitrogens with zero attached hydrogens (tertiary/aromatic N) is 2. The van der Waals surface area contributed by atoms with E-state index >= 15 is 0 Å². The first-order chi connectivity index (χ1) is 10.1. The van der Waals surface area contributed by atoms with Crippen LogP contribution in [-0.2, 0) is 4.79 Å². The maximum Gasteiger partial charge on any atom is 0.177 e. The molecule has 0 aliphatic carbocycles. The third kappa shape index (κ3) is 2.08. The van der Waals surface area contributed by atoms with Gasteiger partial charge in [0.05, 0.1) is 22.8 Å². The number of hydroxylamine groups is 2. The summed E-state index contributed by atoms with van der Waals surface area (Å²) >= 11 is 0. The largest absolute Gasteiger partial charge is 0.754 e. The Labute approximate surface area is 121 Å². The van der Waals surface area contributed by atoms with Crippen molar-refractivity contribution in [2.24, 2.45) is 0 Å². The molecular weight excluding hydrogens is 268 g/mol. The van der Waals surface area contributed by atoms with Gasteiger partial charge < -0.3 is 20.5 Å². The number of rotatable bonds is 2. The minimum atomic E-state index is -0.445. The molecule has 0 aromatic heterocycles. The molecule has 1 aliphatic heterocycles. The van der Waals surface area contributed by atoms with Crippen LogP contribution in [0.5, 0.6) is 0 Å². The van der Waals surface area contributed by atoms with Gasteiger partial charge in [-0.3, -0.25) is 4.79 Å². The number of allylic oxidation sites excluding steroid dienone is 1. The number of hydrogen-bond donors (Lipinski definition) is 0. The summed E-state index contributed by atoms with van der Waals surface area (Å²) in [5, 5.41) is 26.3. The number of benzene rings is 2. The summed E-state index contributed by atoms with van der Waals surface area (Å²) in [5.41, 5.74) is 0.883. The summed E-state index contributed by atoms with van der Waals surface area (Å²) < 4.78 is 0. The van der Waals surface area contributed by atoms with Crippen molar-refractivity contribution in [1.82, 2.24) is 0 Å². The van der Waals surface area contributed by atoms with Gasteiger partial charge >= 0.3 is 0 Å². The second kappa shape index (κ2) is 5.05. The van der Waals surface area contributed by atoms with Gasteiger partial charge in [0.25, 0.3) is 0 Å². The van der Waals surface area contributed by atoms with Gasteiger partial charge in [-0.1, -0.05) is 42.5 Å². The topological polar surface area (TPSA) is 69.7 Å². The van der Waals surface area contributed by atoms with Crippen LogP contribution in [0.2, 0.25) is 0 Å². The van der Waals surface area contributed by atoms with E-state index in [1.165, 1.54) is 13.0 Å². The molecule has 0 spiro atoms. The van der Waals surface area contributed by atoms with Crippen LogP contribution in [0.3, 0.4) is 0 Å². The molecule has 5 nitrogen and oxygen atoms in total. The van der Waals surface area contributed by atoms with Crippen molar-refractivity contribution >= 4 is 22.9 Å². The monoisotopic (exact) mass is 280 g/mol. The zero-order chi connectivity index (χ0) is 15.0. The minimum Gasteiger partial charge on any atom is -0.754 e.